The molecule has 2 aromatic carbocycles. The van der Waals surface area contributed by atoms with Crippen LogP contribution in [-0.2, 0) is 4.79 Å². The smallest absolute Gasteiger partial charge is 0.223 e. The van der Waals surface area contributed by atoms with Crippen molar-refractivity contribution in [3.8, 4) is 33.6 Å². The molecule has 0 spiro atoms. The number of aromatic nitrogens is 4. The summed E-state index contributed by atoms with van der Waals surface area (Å²) in [5, 5.41) is 0. The van der Waals surface area contributed by atoms with Crippen LogP contribution in [0.5, 0.6) is 0 Å². The summed E-state index contributed by atoms with van der Waals surface area (Å²) in [7, 11) is 0. The largest absolute Gasteiger partial charge is 0.345 e. The molecule has 2 fully saturated rings. The van der Waals surface area contributed by atoms with Crippen LogP contribution in [-0.4, -0.2) is 37.3 Å². The summed E-state index contributed by atoms with van der Waals surface area (Å²) in [6.07, 6.45) is 7.24. The van der Waals surface area contributed by atoms with Crippen LogP contribution in [0.4, 0.5) is 0 Å². The summed E-state index contributed by atoms with van der Waals surface area (Å²) < 4.78 is 0. The van der Waals surface area contributed by atoms with Crippen LogP contribution in [0.3, 0.4) is 0 Å². The zero-order valence-electron chi connectivity index (χ0n) is 19.5. The molecule has 172 valence electrons. The monoisotopic (exact) mass is 451 g/mol. The van der Waals surface area contributed by atoms with Gasteiger partial charge >= 0.3 is 0 Å². The second-order valence-electron chi connectivity index (χ2n) is 10.1. The Kier molecular flexibility index (Phi) is 5.09. The van der Waals surface area contributed by atoms with Crippen molar-refractivity contribution in [2.45, 2.75) is 32.7 Å². The predicted molar refractivity (Wildman–Crippen MR) is 133 cm³/mol. The lowest BCUT2D eigenvalue weighted by Crippen LogP contribution is -2.34. The molecule has 2 N–H and O–H groups in total. The number of piperidine rings is 1. The second kappa shape index (κ2) is 8.28. The van der Waals surface area contributed by atoms with Crippen LogP contribution in [0.1, 0.15) is 38.6 Å². The van der Waals surface area contributed by atoms with E-state index in [1.807, 2.05) is 12.4 Å². The first kappa shape index (κ1) is 20.9. The Morgan fingerprint density at radius 3 is 2.24 bits per heavy atom. The Labute approximate surface area is 199 Å². The molecule has 1 unspecified atom stereocenters. The predicted octanol–water partition coefficient (Wildman–Crippen LogP) is 5.70. The molecule has 1 amide bonds. The summed E-state index contributed by atoms with van der Waals surface area (Å²) in [4.78, 5) is 30.4. The lowest BCUT2D eigenvalue weighted by molar-refractivity contribution is -0.133. The molecule has 1 saturated heterocycles. The number of nitrogens with one attached hydrogen (secondary N) is 2. The minimum absolute atomic E-state index is 0.0951. The molecule has 6 nitrogen and oxygen atoms in total. The van der Waals surface area contributed by atoms with Gasteiger partial charge in [0.05, 0.1) is 36.2 Å². The Morgan fingerprint density at radius 2 is 1.62 bits per heavy atom. The number of carbonyl (C=O) groups excluding carboxylic acids is 1. The van der Waals surface area contributed by atoms with E-state index in [1.165, 1.54) is 17.5 Å². The summed E-state index contributed by atoms with van der Waals surface area (Å²) in [6.45, 7) is 5.09. The van der Waals surface area contributed by atoms with E-state index < -0.39 is 0 Å². The summed E-state index contributed by atoms with van der Waals surface area (Å²) in [5.41, 5.74) is 6.57. The van der Waals surface area contributed by atoms with E-state index in [2.05, 4.69) is 82.2 Å². The molecule has 6 rings (SSSR count). The highest BCUT2D eigenvalue weighted by molar-refractivity contribution is 5.77. The van der Waals surface area contributed by atoms with Crippen LogP contribution in [0, 0.1) is 17.8 Å². The summed E-state index contributed by atoms with van der Waals surface area (Å²) >= 11 is 0. The van der Waals surface area contributed by atoms with Gasteiger partial charge in [0.2, 0.25) is 5.91 Å². The van der Waals surface area contributed by atoms with E-state index in [0.29, 0.717) is 24.2 Å². The van der Waals surface area contributed by atoms with Crippen LogP contribution in [0.2, 0.25) is 0 Å². The van der Waals surface area contributed by atoms with Gasteiger partial charge in [-0.2, -0.15) is 0 Å². The van der Waals surface area contributed by atoms with Crippen molar-refractivity contribution < 1.29 is 4.79 Å². The molecule has 6 heteroatoms. The number of hydrogen-bond acceptors (Lipinski definition) is 3. The Hall–Kier alpha value is -3.67. The maximum Gasteiger partial charge on any atom is 0.223 e. The standard InChI is InChI=1S/C28H29N5O/c1-17(2)11-26(34)33-15-22-12-23(22)27(33)28-30-14-25(32-28)21-9-5-19(6-10-21)18-3-7-20(8-4-18)24-13-29-16-31-24/h3-10,13-14,16-17,22-23,27H,11-12,15H2,1-2H3,(H,29,31)(H,30,32)/t22?,23-,27-/m0/s1. The lowest BCUT2D eigenvalue weighted by atomic mass is 10.0. The quantitative estimate of drug-likeness (QED) is 0.395. The van der Waals surface area contributed by atoms with Crippen molar-refractivity contribution in [2.24, 2.45) is 17.8 Å². The van der Waals surface area contributed by atoms with Crippen molar-refractivity contribution in [1.29, 1.82) is 0 Å². The number of likely N-dealkylation sites (tertiary alicyclic amines) is 1. The molecule has 1 saturated carbocycles. The second-order valence-corrected chi connectivity index (χ2v) is 10.1. The number of carbonyl (C=O) groups is 1. The van der Waals surface area contributed by atoms with Crippen LogP contribution in [0.25, 0.3) is 33.6 Å². The molecule has 1 aliphatic heterocycles. The Morgan fingerprint density at radius 1 is 0.971 bits per heavy atom. The van der Waals surface area contributed by atoms with Crippen molar-refractivity contribution in [3.05, 3.63) is 73.1 Å². The SMILES string of the molecule is CC(C)CC(=O)N1CC2C[C@@H]2[C@H]1c1ncc(-c2ccc(-c3ccc(-c4cnc[nH]4)cc3)cc2)[nH]1. The number of H-pyrrole nitrogens is 2. The molecule has 3 atom stereocenters. The van der Waals surface area contributed by atoms with E-state index >= 15 is 0 Å². The average Bonchev–Trinajstić information content (AvgIpc) is 3.27. The number of imidazole rings is 2. The van der Waals surface area contributed by atoms with Gasteiger partial charge in [-0.05, 0) is 46.4 Å². The highest BCUT2D eigenvalue weighted by Gasteiger charge is 2.55. The number of rotatable bonds is 6. The van der Waals surface area contributed by atoms with E-state index in [0.717, 1.165) is 34.9 Å². The molecular formula is C28H29N5O. The van der Waals surface area contributed by atoms with Gasteiger partial charge in [-0.25, -0.2) is 9.97 Å². The normalized spacial score (nSPS) is 21.1. The molecule has 1 aliphatic carbocycles. The fourth-order valence-electron chi connectivity index (χ4n) is 5.27. The maximum absolute atomic E-state index is 12.8. The topological polar surface area (TPSA) is 77.7 Å². The molecular weight excluding hydrogens is 422 g/mol. The third-order valence-electron chi connectivity index (χ3n) is 7.15. The number of nitrogens with zero attached hydrogens (tertiary/aromatic N) is 3. The third kappa shape index (κ3) is 3.83. The molecule has 2 aromatic heterocycles. The number of amides is 1. The van der Waals surface area contributed by atoms with Gasteiger partial charge < -0.3 is 14.9 Å². The van der Waals surface area contributed by atoms with Crippen molar-refractivity contribution in [3.63, 3.8) is 0 Å². The van der Waals surface area contributed by atoms with E-state index in [4.69, 9.17) is 4.98 Å². The van der Waals surface area contributed by atoms with Crippen LogP contribution < -0.4 is 0 Å². The first-order chi connectivity index (χ1) is 16.6. The zero-order chi connectivity index (χ0) is 23.2. The molecule has 3 heterocycles. The Balaban J connectivity index is 1.19. The van der Waals surface area contributed by atoms with Gasteiger partial charge in [0.15, 0.2) is 0 Å². The van der Waals surface area contributed by atoms with Crippen LogP contribution >= 0.6 is 0 Å². The summed E-state index contributed by atoms with van der Waals surface area (Å²) in [6, 6.07) is 17.1. The molecule has 4 aromatic rings. The minimum atomic E-state index is 0.0951. The minimum Gasteiger partial charge on any atom is -0.345 e. The third-order valence-corrected chi connectivity index (χ3v) is 7.15. The van der Waals surface area contributed by atoms with Crippen LogP contribution in [0.15, 0.2) is 67.3 Å². The maximum atomic E-state index is 12.8. The van der Waals surface area contributed by atoms with Crippen molar-refractivity contribution in [2.75, 3.05) is 6.54 Å². The first-order valence-electron chi connectivity index (χ1n) is 12.1. The number of aromatic amines is 2. The van der Waals surface area contributed by atoms with Crippen molar-refractivity contribution >= 4 is 5.91 Å². The van der Waals surface area contributed by atoms with Gasteiger partial charge in [0, 0.05) is 13.0 Å². The van der Waals surface area contributed by atoms with Gasteiger partial charge in [-0.1, -0.05) is 62.4 Å². The highest BCUT2D eigenvalue weighted by atomic mass is 16.2. The lowest BCUT2D eigenvalue weighted by Gasteiger charge is -2.27. The Bertz CT molecular complexity index is 1290. The zero-order valence-corrected chi connectivity index (χ0v) is 19.5. The van der Waals surface area contributed by atoms with Gasteiger partial charge in [-0.3, -0.25) is 4.79 Å². The van der Waals surface area contributed by atoms with E-state index in [9.17, 15) is 4.79 Å². The molecule has 34 heavy (non-hydrogen) atoms. The number of hydrogen-bond donors (Lipinski definition) is 2. The van der Waals surface area contributed by atoms with Crippen molar-refractivity contribution in [1.82, 2.24) is 24.8 Å². The van der Waals surface area contributed by atoms with Gasteiger partial charge in [-0.15, -0.1) is 0 Å². The fraction of sp³-hybridized carbons (Fsp3) is 0.321. The highest BCUT2D eigenvalue weighted by Crippen LogP contribution is 2.56. The first-order valence-corrected chi connectivity index (χ1v) is 12.1. The molecule has 0 radical (unpaired) electrons. The molecule has 2 aliphatic rings. The number of fused-ring (bicyclic) bond motifs is 1. The number of benzene rings is 2. The van der Waals surface area contributed by atoms with Gasteiger partial charge in [0.25, 0.3) is 0 Å². The molecule has 0 bridgehead atoms. The van der Waals surface area contributed by atoms with E-state index in [-0.39, 0.29) is 11.9 Å². The fourth-order valence-corrected chi connectivity index (χ4v) is 5.27. The summed E-state index contributed by atoms with van der Waals surface area (Å²) in [5.74, 6) is 2.76. The van der Waals surface area contributed by atoms with E-state index in [1.54, 1.807) is 6.33 Å². The van der Waals surface area contributed by atoms with Gasteiger partial charge in [0.1, 0.15) is 5.82 Å². The average molecular weight is 452 g/mol.